The maximum atomic E-state index is 15.0. The van der Waals surface area contributed by atoms with Gasteiger partial charge in [0.25, 0.3) is 38.9 Å². The van der Waals surface area contributed by atoms with Crippen molar-refractivity contribution in [3.63, 3.8) is 0 Å². The van der Waals surface area contributed by atoms with E-state index in [0.717, 1.165) is 0 Å². The molecule has 107 heavy (non-hydrogen) atoms. The number of hydrogen-bond acceptors (Lipinski definition) is 37. The molecule has 0 spiro atoms. The summed E-state index contributed by atoms with van der Waals surface area (Å²) >= 11 is 0. The van der Waals surface area contributed by atoms with Gasteiger partial charge in [-0.25, -0.2) is 67.1 Å². The van der Waals surface area contributed by atoms with Crippen LogP contribution < -0.4 is 78.7 Å². The van der Waals surface area contributed by atoms with Gasteiger partial charge >= 0.3 is 81.6 Å². The second kappa shape index (κ2) is 29.8. The number of carboxylic acid groups (broad SMARTS) is 1. The van der Waals surface area contributed by atoms with Crippen molar-refractivity contribution >= 4 is 41.8 Å². The average Bonchev–Trinajstić information content (AvgIpc) is 1.64. The Balaban J connectivity index is 1.03. The average molecular weight is 1510 g/mol. The first-order valence-corrected chi connectivity index (χ1v) is 30.1. The largest absolute Gasteiger partial charge is 0.477 e. The minimum absolute atomic E-state index is 0.0155. The van der Waals surface area contributed by atoms with E-state index in [2.05, 4.69) is 0 Å². The summed E-state index contributed by atoms with van der Waals surface area (Å²) in [5.74, 6) is -13.7. The quantitative estimate of drug-likeness (QED) is 0.0235. The predicted molar refractivity (Wildman–Crippen MR) is 327 cm³/mol. The molecule has 4 aliphatic heterocycles. The Hall–Kier alpha value is -13.3. The molecule has 4 aliphatic rings. The number of nitrogens with one attached hydrogen (secondary N) is 10. The molecule has 0 amide bonds. The first kappa shape index (κ1) is 74.8. The number of H-pyrrole nitrogens is 10. The standard InChI is InChI=1S/C55H48N14O38/c70-8-19-30(79)32(81)38(100-19)67-17(6-28(77)63-53(67)95)47(89)105-35-21(10-98-43(85)12-1-23(72)59-49(91)56-12)103-41(36(35)106-45(87)14-3-25(74)61-51(93)58-14)69-16(5-27(76)65-55(69)97)46(88)99-11-22-34(104-44(86)13-2-24(73)60-50(92)57-13)37(40(102-22)66-15(42(83)84)4-26(75)62-52(66)94)107-48(90)18-7-29(78)64-54(96)68(18)39-33(82)31(80)20(9-71)101-39/h1-7,19-22,30-41,70-71,79-82H,8-11H2,(H,83,84)(H,62,75,94)(H,63,77,95)(H,64,78,96)(H,65,76,97)(H2,56,59,72,91)(H2,57,60,73,92)(H2,58,61,74,93)/t19-,20-,21-,22-,30-,31-,32-,33-,34-,35-,36-,37-,38-,39-,40-,41-/m1/s1. The monoisotopic (exact) mass is 1510 g/mol. The number of ether oxygens (including phenoxy) is 10. The lowest BCUT2D eigenvalue weighted by Crippen LogP contribution is -2.46. The number of esters is 6. The van der Waals surface area contributed by atoms with Gasteiger partial charge < -0.3 is 98.1 Å². The van der Waals surface area contributed by atoms with E-state index in [1.807, 2.05) is 15.0 Å². The summed E-state index contributed by atoms with van der Waals surface area (Å²) in [6, 6.07) is 2.23. The number of carbonyl (C=O) groups excluding carboxylic acids is 6. The molecular weight excluding hydrogens is 1460 g/mol. The third-order valence-corrected chi connectivity index (χ3v) is 16.0. The summed E-state index contributed by atoms with van der Waals surface area (Å²) in [4.78, 5) is 299. The number of aromatic amines is 10. The van der Waals surface area contributed by atoms with E-state index < -0.39 is 285 Å². The van der Waals surface area contributed by atoms with Crippen LogP contribution in [0.15, 0.2) is 110 Å². The van der Waals surface area contributed by atoms with Gasteiger partial charge in [-0.1, -0.05) is 0 Å². The Morgan fingerprint density at radius 1 is 0.327 bits per heavy atom. The van der Waals surface area contributed by atoms with Crippen molar-refractivity contribution < 1.29 is 117 Å². The summed E-state index contributed by atoms with van der Waals surface area (Å²) in [7, 11) is 0. The van der Waals surface area contributed by atoms with Crippen LogP contribution in [0.5, 0.6) is 0 Å². The summed E-state index contributed by atoms with van der Waals surface area (Å²) in [6.07, 6.45) is -37.7. The molecule has 4 fully saturated rings. The fraction of sp³-hybridized carbons (Fsp3) is 0.364. The van der Waals surface area contributed by atoms with Gasteiger partial charge in [0.05, 0.1) is 13.2 Å². The summed E-state index contributed by atoms with van der Waals surface area (Å²) in [5, 5.41) is 73.2. The Kier molecular flexibility index (Phi) is 20.8. The predicted octanol–water partition coefficient (Wildman–Crippen LogP) is -13.5. The van der Waals surface area contributed by atoms with Gasteiger partial charge in [-0.2, -0.15) is 0 Å². The molecule has 7 aromatic rings. The first-order valence-electron chi connectivity index (χ1n) is 30.1. The van der Waals surface area contributed by atoms with Crippen LogP contribution in [0.4, 0.5) is 0 Å². The second-order valence-electron chi connectivity index (χ2n) is 22.8. The third kappa shape index (κ3) is 15.1. The van der Waals surface area contributed by atoms with Gasteiger partial charge in [-0.3, -0.25) is 86.7 Å². The number of aliphatic hydroxyl groups is 6. The Labute approximate surface area is 578 Å². The van der Waals surface area contributed by atoms with E-state index in [4.69, 9.17) is 47.4 Å². The number of carbonyl (C=O) groups is 7. The molecule has 52 heteroatoms. The molecule has 0 aliphatic carbocycles. The number of nitrogens with zero attached hydrogens (tertiary/aromatic N) is 4. The molecular formula is C55H48N14O38. The van der Waals surface area contributed by atoms with E-state index in [0.29, 0.717) is 24.3 Å². The van der Waals surface area contributed by atoms with Crippen LogP contribution in [-0.4, -0.2) is 245 Å². The van der Waals surface area contributed by atoms with Crippen molar-refractivity contribution in [3.8, 4) is 0 Å². The molecule has 0 unspecified atom stereocenters. The smallest absolute Gasteiger partial charge is 0.355 e. The van der Waals surface area contributed by atoms with Crippen molar-refractivity contribution in [1.29, 1.82) is 0 Å². The van der Waals surface area contributed by atoms with Crippen LogP contribution in [0.2, 0.25) is 0 Å². The van der Waals surface area contributed by atoms with Gasteiger partial charge in [0.2, 0.25) is 0 Å². The molecule has 0 aromatic carbocycles. The maximum absolute atomic E-state index is 15.0. The Morgan fingerprint density at radius 2 is 0.607 bits per heavy atom. The zero-order valence-electron chi connectivity index (χ0n) is 52.7. The maximum Gasteiger partial charge on any atom is 0.355 e. The molecule has 16 atom stereocenters. The van der Waals surface area contributed by atoms with Gasteiger partial charge in [0.1, 0.15) is 102 Å². The first-order chi connectivity index (χ1) is 50.6. The molecule has 11 rings (SSSR count). The molecule has 4 saturated heterocycles. The molecule has 17 N–H and O–H groups in total. The fourth-order valence-corrected chi connectivity index (χ4v) is 11.4. The van der Waals surface area contributed by atoms with E-state index in [-0.39, 0.29) is 36.5 Å². The van der Waals surface area contributed by atoms with E-state index in [1.165, 1.54) is 0 Å². The molecule has 566 valence electrons. The molecule has 11 heterocycles. The molecule has 7 aromatic heterocycles. The lowest BCUT2D eigenvalue weighted by atomic mass is 10.1. The van der Waals surface area contributed by atoms with Crippen LogP contribution in [0, 0.1) is 0 Å². The van der Waals surface area contributed by atoms with E-state index in [9.17, 15) is 132 Å². The number of aromatic carboxylic acids is 1. The van der Waals surface area contributed by atoms with Crippen molar-refractivity contribution in [1.82, 2.24) is 68.1 Å². The number of aromatic nitrogens is 14. The van der Waals surface area contributed by atoms with Gasteiger partial charge in [-0.15, -0.1) is 0 Å². The highest BCUT2D eigenvalue weighted by atomic mass is 16.7. The topological polar surface area (TPSA) is 770 Å². The SMILES string of the molecule is O=C(OC[C@H]1O[C@@H](n2c(C(=O)OC[C@H]3O[C@@H](n4c(C(=O)O)cc(=O)[nH]c4=O)[C@H](OC(=O)c4cc(=O)[nH]c(=O)n4[C@@H]4O[C@H](CO)[C@@H](O)[C@H]4O)[C@@H]3OC(=O)c3cc(=O)[nH]c(=O)[nH]3)cc(=O)[nH]c2=O)[C@H](OC(=O)c2cc(=O)[nH]c(=O)[nH]2)[C@@H]1OC(=O)c1cc(=O)[nH]c(=O)n1[C@@H]1O[C@H](CO)[C@@H](O)[C@H]1O)c1cc(=O)[nH]c(=O)[nH]1. The Bertz CT molecular complexity index is 5620. The van der Waals surface area contributed by atoms with Crippen molar-refractivity contribution in [2.24, 2.45) is 0 Å². The lowest BCUT2D eigenvalue weighted by molar-refractivity contribution is -0.0700. The normalized spacial score (nSPS) is 25.2. The van der Waals surface area contributed by atoms with Crippen molar-refractivity contribution in [2.45, 2.75) is 98.2 Å². The zero-order valence-corrected chi connectivity index (χ0v) is 52.7. The fourth-order valence-electron chi connectivity index (χ4n) is 11.4. The highest BCUT2D eigenvalue weighted by molar-refractivity contribution is 5.91. The minimum atomic E-state index is -2.78. The van der Waals surface area contributed by atoms with E-state index >= 15 is 4.79 Å². The lowest BCUT2D eigenvalue weighted by Gasteiger charge is -2.27. The highest BCUT2D eigenvalue weighted by Crippen LogP contribution is 2.39. The summed E-state index contributed by atoms with van der Waals surface area (Å²) in [5.41, 5.74) is -29.4. The summed E-state index contributed by atoms with van der Waals surface area (Å²) in [6.45, 7) is -5.22. The second-order valence-corrected chi connectivity index (χ2v) is 22.8. The van der Waals surface area contributed by atoms with Crippen molar-refractivity contribution in [2.75, 3.05) is 26.4 Å². The van der Waals surface area contributed by atoms with E-state index in [1.54, 1.807) is 34.9 Å². The van der Waals surface area contributed by atoms with Gasteiger partial charge in [-0.05, 0) is 0 Å². The van der Waals surface area contributed by atoms with Crippen LogP contribution in [0.1, 0.15) is 98.3 Å². The number of carboxylic acids is 1. The molecule has 52 nitrogen and oxygen atoms in total. The van der Waals surface area contributed by atoms with Gasteiger partial charge in [0, 0.05) is 42.5 Å². The van der Waals surface area contributed by atoms with Crippen molar-refractivity contribution in [3.05, 3.63) is 228 Å². The number of rotatable bonds is 21. The zero-order chi connectivity index (χ0) is 77.6. The van der Waals surface area contributed by atoms with Crippen LogP contribution in [-0.2, 0) is 47.4 Å². The third-order valence-electron chi connectivity index (χ3n) is 16.0. The number of aliphatic hydroxyl groups excluding tert-OH is 6. The van der Waals surface area contributed by atoms with Crippen LogP contribution in [0.3, 0.4) is 0 Å². The number of hydrogen-bond donors (Lipinski definition) is 17. The van der Waals surface area contributed by atoms with Crippen LogP contribution in [0.25, 0.3) is 0 Å². The Morgan fingerprint density at radius 3 is 0.953 bits per heavy atom. The molecule has 0 bridgehead atoms. The highest BCUT2D eigenvalue weighted by Gasteiger charge is 2.56. The molecule has 0 saturated carbocycles. The molecule has 0 radical (unpaired) electrons. The minimum Gasteiger partial charge on any atom is -0.477 e. The summed E-state index contributed by atoms with van der Waals surface area (Å²) < 4.78 is 56.4. The van der Waals surface area contributed by atoms with Crippen LogP contribution >= 0.6 is 0 Å². The van der Waals surface area contributed by atoms with Gasteiger partial charge in [0.15, 0.2) is 49.3 Å².